The lowest BCUT2D eigenvalue weighted by Crippen LogP contribution is -3.10. The van der Waals surface area contributed by atoms with Gasteiger partial charge in [0, 0.05) is 23.4 Å². The van der Waals surface area contributed by atoms with Gasteiger partial charge < -0.3 is 17.3 Å². The van der Waals surface area contributed by atoms with Crippen LogP contribution in [0.15, 0.2) is 36.4 Å². The predicted molar refractivity (Wildman–Crippen MR) is 78.8 cm³/mol. The largest absolute Gasteiger partial charge is 1.00 e. The first-order valence-electron chi connectivity index (χ1n) is 6.97. The fourth-order valence-electron chi connectivity index (χ4n) is 3.70. The SMILES string of the molecule is C[NH+]1CCc2cccc3c2C1Cc1ccc(Cl)cc1-3.[Cl-]. The van der Waals surface area contributed by atoms with Crippen LogP contribution in [-0.2, 0) is 12.8 Å². The molecule has 1 heterocycles. The quantitative estimate of drug-likeness (QED) is 0.680. The Morgan fingerprint density at radius 1 is 1.10 bits per heavy atom. The van der Waals surface area contributed by atoms with Gasteiger partial charge in [-0.05, 0) is 34.4 Å². The standard InChI is InChI=1S/C17H16ClN.ClH/c1-19-8-7-11-3-2-4-14-15-10-13(18)6-5-12(15)9-16(19)17(11)14;/h2-6,10,16H,7-9H2,1H3;1H. The van der Waals surface area contributed by atoms with Gasteiger partial charge in [0.1, 0.15) is 6.04 Å². The molecule has 3 heteroatoms. The molecule has 20 heavy (non-hydrogen) atoms. The molecule has 0 radical (unpaired) electrons. The number of fused-ring (bicyclic) bond motifs is 2. The molecule has 2 aromatic rings. The summed E-state index contributed by atoms with van der Waals surface area (Å²) >= 11 is 6.19. The minimum Gasteiger partial charge on any atom is -1.00 e. The fourth-order valence-corrected chi connectivity index (χ4v) is 3.88. The predicted octanol–water partition coefficient (Wildman–Crippen LogP) is -0.321. The van der Waals surface area contributed by atoms with E-state index in [4.69, 9.17) is 11.6 Å². The van der Waals surface area contributed by atoms with E-state index in [1.54, 1.807) is 16.0 Å². The Morgan fingerprint density at radius 2 is 1.95 bits per heavy atom. The summed E-state index contributed by atoms with van der Waals surface area (Å²) in [5.41, 5.74) is 7.31. The third-order valence-corrected chi connectivity index (χ3v) is 4.95. The Balaban J connectivity index is 0.00000121. The monoisotopic (exact) mass is 305 g/mol. The van der Waals surface area contributed by atoms with Gasteiger partial charge in [0.2, 0.25) is 0 Å². The molecule has 4 rings (SSSR count). The number of halogens is 2. The molecule has 1 aliphatic carbocycles. The molecule has 104 valence electrons. The van der Waals surface area contributed by atoms with Crippen molar-refractivity contribution >= 4 is 11.6 Å². The Hall–Kier alpha value is -1.02. The number of benzene rings is 2. The summed E-state index contributed by atoms with van der Waals surface area (Å²) in [6, 6.07) is 13.7. The van der Waals surface area contributed by atoms with Crippen molar-refractivity contribution < 1.29 is 17.3 Å². The Morgan fingerprint density at radius 3 is 2.80 bits per heavy atom. The third-order valence-electron chi connectivity index (χ3n) is 4.71. The van der Waals surface area contributed by atoms with Crippen molar-refractivity contribution in [1.82, 2.24) is 0 Å². The average Bonchev–Trinajstić information content (AvgIpc) is 2.43. The molecule has 0 bridgehead atoms. The summed E-state index contributed by atoms with van der Waals surface area (Å²) in [6.45, 7) is 1.24. The van der Waals surface area contributed by atoms with E-state index < -0.39 is 0 Å². The Kier molecular flexibility index (Phi) is 3.53. The highest BCUT2D eigenvalue weighted by Crippen LogP contribution is 2.41. The summed E-state index contributed by atoms with van der Waals surface area (Å²) in [5.74, 6) is 0. The van der Waals surface area contributed by atoms with Crippen molar-refractivity contribution in [3.05, 3.63) is 58.1 Å². The molecule has 0 aromatic heterocycles. The molecule has 0 saturated carbocycles. The van der Waals surface area contributed by atoms with Crippen LogP contribution in [0, 0.1) is 0 Å². The normalized spacial score (nSPS) is 22.5. The summed E-state index contributed by atoms with van der Waals surface area (Å²) in [4.78, 5) is 1.64. The lowest BCUT2D eigenvalue weighted by molar-refractivity contribution is -0.914. The lowest BCUT2D eigenvalue weighted by Gasteiger charge is -2.37. The highest BCUT2D eigenvalue weighted by atomic mass is 35.5. The molecule has 2 aliphatic rings. The van der Waals surface area contributed by atoms with Gasteiger partial charge in [-0.15, -0.1) is 0 Å². The number of nitrogens with one attached hydrogen (secondary N) is 1. The van der Waals surface area contributed by atoms with Gasteiger partial charge in [-0.25, -0.2) is 0 Å². The zero-order valence-corrected chi connectivity index (χ0v) is 12.9. The van der Waals surface area contributed by atoms with Crippen molar-refractivity contribution in [1.29, 1.82) is 0 Å². The highest BCUT2D eigenvalue weighted by Gasteiger charge is 2.35. The highest BCUT2D eigenvalue weighted by molar-refractivity contribution is 6.30. The minimum atomic E-state index is 0. The van der Waals surface area contributed by atoms with Gasteiger partial charge in [-0.3, -0.25) is 0 Å². The molecule has 1 N–H and O–H groups in total. The van der Waals surface area contributed by atoms with Gasteiger partial charge in [-0.2, -0.15) is 0 Å². The van der Waals surface area contributed by atoms with Crippen LogP contribution in [-0.4, -0.2) is 13.6 Å². The second kappa shape index (κ2) is 5.07. The zero-order valence-electron chi connectivity index (χ0n) is 11.4. The topological polar surface area (TPSA) is 4.44 Å². The molecule has 0 fully saturated rings. The van der Waals surface area contributed by atoms with Crippen LogP contribution < -0.4 is 17.3 Å². The second-order valence-electron chi connectivity index (χ2n) is 5.78. The fraction of sp³-hybridized carbons (Fsp3) is 0.294. The van der Waals surface area contributed by atoms with Crippen LogP contribution in [0.5, 0.6) is 0 Å². The van der Waals surface area contributed by atoms with Crippen LogP contribution in [0.4, 0.5) is 0 Å². The number of hydrogen-bond acceptors (Lipinski definition) is 0. The van der Waals surface area contributed by atoms with E-state index in [9.17, 15) is 0 Å². The summed E-state index contributed by atoms with van der Waals surface area (Å²) in [7, 11) is 2.32. The Bertz CT molecular complexity index is 666. The average molecular weight is 306 g/mol. The van der Waals surface area contributed by atoms with Gasteiger partial charge >= 0.3 is 0 Å². The molecular formula is C17H17Cl2N. The maximum Gasteiger partial charge on any atom is 0.118 e. The van der Waals surface area contributed by atoms with Crippen molar-refractivity contribution in [3.8, 4) is 11.1 Å². The molecule has 0 saturated heterocycles. The van der Waals surface area contributed by atoms with Crippen LogP contribution in [0.25, 0.3) is 11.1 Å². The number of likely N-dealkylation sites (N-methyl/N-ethyl adjacent to an activating group) is 1. The van der Waals surface area contributed by atoms with E-state index in [-0.39, 0.29) is 12.4 Å². The van der Waals surface area contributed by atoms with Gasteiger partial charge in [0.25, 0.3) is 0 Å². The van der Waals surface area contributed by atoms with Gasteiger partial charge in [0.05, 0.1) is 13.6 Å². The van der Waals surface area contributed by atoms with Crippen LogP contribution in [0.2, 0.25) is 5.02 Å². The maximum absolute atomic E-state index is 6.19. The molecule has 0 spiro atoms. The number of rotatable bonds is 0. The van der Waals surface area contributed by atoms with Gasteiger partial charge in [-0.1, -0.05) is 35.9 Å². The lowest BCUT2D eigenvalue weighted by atomic mass is 9.77. The second-order valence-corrected chi connectivity index (χ2v) is 6.22. The van der Waals surface area contributed by atoms with Crippen molar-refractivity contribution in [2.45, 2.75) is 18.9 Å². The minimum absolute atomic E-state index is 0. The van der Waals surface area contributed by atoms with E-state index in [0.717, 1.165) is 11.4 Å². The smallest absolute Gasteiger partial charge is 0.118 e. The van der Waals surface area contributed by atoms with E-state index in [1.165, 1.54) is 29.7 Å². The molecule has 0 amide bonds. The van der Waals surface area contributed by atoms with E-state index >= 15 is 0 Å². The van der Waals surface area contributed by atoms with E-state index in [0.29, 0.717) is 6.04 Å². The summed E-state index contributed by atoms with van der Waals surface area (Å²) < 4.78 is 0. The first-order chi connectivity index (χ1) is 9.24. The molecule has 1 nitrogen and oxygen atoms in total. The number of quaternary nitrogens is 1. The van der Waals surface area contributed by atoms with Crippen molar-refractivity contribution in [2.75, 3.05) is 13.6 Å². The van der Waals surface area contributed by atoms with E-state index in [2.05, 4.69) is 37.4 Å². The van der Waals surface area contributed by atoms with E-state index in [1.807, 2.05) is 6.07 Å². The molecule has 2 aromatic carbocycles. The molecule has 1 aliphatic heterocycles. The summed E-state index contributed by atoms with van der Waals surface area (Å²) in [5, 5.41) is 0.839. The molecule has 2 atom stereocenters. The van der Waals surface area contributed by atoms with Gasteiger partial charge in [0.15, 0.2) is 0 Å². The zero-order chi connectivity index (χ0) is 13.0. The van der Waals surface area contributed by atoms with Crippen LogP contribution >= 0.6 is 11.6 Å². The summed E-state index contributed by atoms with van der Waals surface area (Å²) in [6.07, 6.45) is 2.34. The first-order valence-corrected chi connectivity index (χ1v) is 7.35. The third kappa shape index (κ3) is 1.96. The van der Waals surface area contributed by atoms with Crippen molar-refractivity contribution in [3.63, 3.8) is 0 Å². The molecule has 2 unspecified atom stereocenters. The Labute approximate surface area is 131 Å². The van der Waals surface area contributed by atoms with Crippen LogP contribution in [0.3, 0.4) is 0 Å². The maximum atomic E-state index is 6.19. The molecular weight excluding hydrogens is 289 g/mol. The number of hydrogen-bond donors (Lipinski definition) is 1. The van der Waals surface area contributed by atoms with Crippen LogP contribution in [0.1, 0.15) is 22.7 Å². The first kappa shape index (κ1) is 13.9. The van der Waals surface area contributed by atoms with Crippen molar-refractivity contribution in [2.24, 2.45) is 0 Å².